The predicted octanol–water partition coefficient (Wildman–Crippen LogP) is 3.48. The Morgan fingerprint density at radius 2 is 1.72 bits per heavy atom. The summed E-state index contributed by atoms with van der Waals surface area (Å²) in [4.78, 5) is 31.0. The quantitative estimate of drug-likeness (QED) is 0.702. The molecule has 1 aromatic carbocycles. The fourth-order valence-electron chi connectivity index (χ4n) is 3.62. The van der Waals surface area contributed by atoms with Gasteiger partial charge in [0.05, 0.1) is 13.2 Å². The van der Waals surface area contributed by atoms with E-state index in [0.29, 0.717) is 17.1 Å². The number of carbonyl (C=O) groups excluding carboxylic acids is 2. The molecule has 2 heterocycles. The van der Waals surface area contributed by atoms with Crippen molar-refractivity contribution in [2.75, 3.05) is 51.2 Å². The average Bonchev–Trinajstić information content (AvgIpc) is 3.05. The molecule has 0 radical (unpaired) electrons. The maximum Gasteiger partial charge on any atom is 0.341 e. The molecule has 1 aliphatic heterocycles. The van der Waals surface area contributed by atoms with Crippen molar-refractivity contribution in [1.82, 2.24) is 9.80 Å². The molecule has 1 amide bonds. The van der Waals surface area contributed by atoms with Crippen LogP contribution in [-0.4, -0.2) is 67.6 Å². The topological polar surface area (TPSA) is 61.9 Å². The van der Waals surface area contributed by atoms with Crippen LogP contribution in [0, 0.1) is 6.92 Å². The minimum Gasteiger partial charge on any atom is -0.462 e. The summed E-state index contributed by atoms with van der Waals surface area (Å²) < 4.78 is 5.30. The van der Waals surface area contributed by atoms with E-state index in [1.54, 1.807) is 6.92 Å². The van der Waals surface area contributed by atoms with Crippen molar-refractivity contribution in [3.05, 3.63) is 40.8 Å². The number of ether oxygens (including phenoxy) is 1. The van der Waals surface area contributed by atoms with Crippen LogP contribution in [0.15, 0.2) is 30.3 Å². The lowest BCUT2D eigenvalue weighted by Gasteiger charge is -2.33. The van der Waals surface area contributed by atoms with Gasteiger partial charge in [-0.3, -0.25) is 9.69 Å². The molecule has 1 aliphatic rings. The Balaban J connectivity index is 1.80. The highest BCUT2D eigenvalue weighted by Crippen LogP contribution is 2.40. The first-order valence-electron chi connectivity index (χ1n) is 10.1. The van der Waals surface area contributed by atoms with Crippen molar-refractivity contribution < 1.29 is 14.3 Å². The van der Waals surface area contributed by atoms with Gasteiger partial charge in [0.15, 0.2) is 0 Å². The van der Waals surface area contributed by atoms with Gasteiger partial charge in [-0.25, -0.2) is 4.79 Å². The van der Waals surface area contributed by atoms with Crippen LogP contribution in [-0.2, 0) is 9.53 Å². The second-order valence-electron chi connectivity index (χ2n) is 7.08. The number of aryl methyl sites for hydroxylation is 1. The van der Waals surface area contributed by atoms with E-state index in [2.05, 4.69) is 22.0 Å². The van der Waals surface area contributed by atoms with Gasteiger partial charge in [0, 0.05) is 36.6 Å². The summed E-state index contributed by atoms with van der Waals surface area (Å²) in [6, 6.07) is 9.76. The van der Waals surface area contributed by atoms with Gasteiger partial charge in [0.1, 0.15) is 10.6 Å². The lowest BCUT2D eigenvalue weighted by atomic mass is 10.0. The van der Waals surface area contributed by atoms with Crippen LogP contribution in [0.3, 0.4) is 0 Å². The van der Waals surface area contributed by atoms with Crippen LogP contribution in [0.5, 0.6) is 0 Å². The number of piperazine rings is 1. The highest BCUT2D eigenvalue weighted by atomic mass is 32.1. The van der Waals surface area contributed by atoms with Gasteiger partial charge in [-0.1, -0.05) is 37.3 Å². The zero-order valence-electron chi connectivity index (χ0n) is 17.4. The number of likely N-dealkylation sites (N-methyl/N-ethyl adjacent to an activating group) is 1. The number of hydrogen-bond donors (Lipinski definition) is 1. The number of rotatable bonds is 7. The first kappa shape index (κ1) is 21.5. The molecule has 1 N–H and O–H groups in total. The SMILES string of the molecule is CCOC(=O)c1c(NC(=O)CN2CCN(CC)CC2)sc(C)c1-c1ccccc1. The van der Waals surface area contributed by atoms with E-state index < -0.39 is 5.97 Å². The van der Waals surface area contributed by atoms with E-state index in [1.807, 2.05) is 37.3 Å². The van der Waals surface area contributed by atoms with Gasteiger partial charge in [-0.15, -0.1) is 11.3 Å². The van der Waals surface area contributed by atoms with Gasteiger partial charge in [0.25, 0.3) is 0 Å². The number of amides is 1. The van der Waals surface area contributed by atoms with E-state index >= 15 is 0 Å². The molecule has 6 nitrogen and oxygen atoms in total. The van der Waals surface area contributed by atoms with E-state index in [-0.39, 0.29) is 12.5 Å². The van der Waals surface area contributed by atoms with Crippen molar-refractivity contribution in [2.24, 2.45) is 0 Å². The standard InChI is InChI=1S/C22H29N3O3S/c1-4-24-11-13-25(14-12-24)15-18(26)23-21-20(22(27)28-5-2)19(16(3)29-21)17-9-7-6-8-10-17/h6-10H,4-5,11-15H2,1-3H3,(H,23,26). The van der Waals surface area contributed by atoms with E-state index in [9.17, 15) is 9.59 Å². The lowest BCUT2D eigenvalue weighted by Crippen LogP contribution is -2.48. The summed E-state index contributed by atoms with van der Waals surface area (Å²) in [5, 5.41) is 3.54. The zero-order valence-corrected chi connectivity index (χ0v) is 18.2. The summed E-state index contributed by atoms with van der Waals surface area (Å²) >= 11 is 1.42. The average molecular weight is 416 g/mol. The van der Waals surface area contributed by atoms with Gasteiger partial charge in [-0.05, 0) is 26.0 Å². The number of anilines is 1. The number of thiophene rings is 1. The second kappa shape index (κ2) is 10.0. The molecule has 0 unspecified atom stereocenters. The summed E-state index contributed by atoms with van der Waals surface area (Å²) in [6.07, 6.45) is 0. The lowest BCUT2D eigenvalue weighted by molar-refractivity contribution is -0.117. The number of esters is 1. The Morgan fingerprint density at radius 1 is 1.07 bits per heavy atom. The Labute approximate surface area is 176 Å². The van der Waals surface area contributed by atoms with Crippen LogP contribution < -0.4 is 5.32 Å². The Bertz CT molecular complexity index is 842. The maximum absolute atomic E-state index is 12.7. The fraction of sp³-hybridized carbons (Fsp3) is 0.455. The molecule has 1 aromatic heterocycles. The van der Waals surface area contributed by atoms with E-state index in [1.165, 1.54) is 11.3 Å². The molecule has 156 valence electrons. The largest absolute Gasteiger partial charge is 0.462 e. The summed E-state index contributed by atoms with van der Waals surface area (Å²) in [5.74, 6) is -0.496. The van der Waals surface area contributed by atoms with Gasteiger partial charge in [0.2, 0.25) is 5.91 Å². The molecule has 3 rings (SSSR count). The first-order valence-corrected chi connectivity index (χ1v) is 11.0. The van der Waals surface area contributed by atoms with Crippen molar-refractivity contribution in [3.8, 4) is 11.1 Å². The van der Waals surface area contributed by atoms with Gasteiger partial charge < -0.3 is 15.0 Å². The first-order chi connectivity index (χ1) is 14.0. The fourth-order valence-corrected chi connectivity index (χ4v) is 4.70. The molecule has 29 heavy (non-hydrogen) atoms. The summed E-state index contributed by atoms with van der Waals surface area (Å²) in [6.45, 7) is 11.3. The minimum atomic E-state index is -0.400. The van der Waals surface area contributed by atoms with Gasteiger partial charge in [-0.2, -0.15) is 0 Å². The molecule has 1 fully saturated rings. The monoisotopic (exact) mass is 415 g/mol. The molecule has 0 saturated carbocycles. The number of carbonyl (C=O) groups is 2. The smallest absolute Gasteiger partial charge is 0.341 e. The third-order valence-electron chi connectivity index (χ3n) is 5.16. The highest BCUT2D eigenvalue weighted by molar-refractivity contribution is 7.17. The molecule has 0 atom stereocenters. The third-order valence-corrected chi connectivity index (χ3v) is 6.18. The Morgan fingerprint density at radius 3 is 2.34 bits per heavy atom. The highest BCUT2D eigenvalue weighted by Gasteiger charge is 2.26. The van der Waals surface area contributed by atoms with Crippen LogP contribution in [0.4, 0.5) is 5.00 Å². The van der Waals surface area contributed by atoms with Crippen molar-refractivity contribution in [1.29, 1.82) is 0 Å². The van der Waals surface area contributed by atoms with Crippen molar-refractivity contribution in [2.45, 2.75) is 20.8 Å². The summed E-state index contributed by atoms with van der Waals surface area (Å²) in [7, 11) is 0. The number of nitrogens with zero attached hydrogens (tertiary/aromatic N) is 2. The Kier molecular flexibility index (Phi) is 7.41. The van der Waals surface area contributed by atoms with E-state index in [4.69, 9.17) is 4.74 Å². The van der Waals surface area contributed by atoms with Crippen LogP contribution in [0.2, 0.25) is 0 Å². The van der Waals surface area contributed by atoms with E-state index in [0.717, 1.165) is 48.7 Å². The second-order valence-corrected chi connectivity index (χ2v) is 8.31. The molecular formula is C22H29N3O3S. The van der Waals surface area contributed by atoms with Gasteiger partial charge >= 0.3 is 5.97 Å². The number of nitrogens with one attached hydrogen (secondary N) is 1. The predicted molar refractivity (Wildman–Crippen MR) is 118 cm³/mol. The van der Waals surface area contributed by atoms with Crippen LogP contribution >= 0.6 is 11.3 Å². The van der Waals surface area contributed by atoms with Crippen LogP contribution in [0.25, 0.3) is 11.1 Å². The minimum absolute atomic E-state index is 0.0960. The molecule has 2 aromatic rings. The molecule has 0 bridgehead atoms. The van der Waals surface area contributed by atoms with Crippen molar-refractivity contribution in [3.63, 3.8) is 0 Å². The molecule has 0 aliphatic carbocycles. The Hall–Kier alpha value is -2.22. The number of hydrogen-bond acceptors (Lipinski definition) is 6. The molecule has 0 spiro atoms. The van der Waals surface area contributed by atoms with Crippen molar-refractivity contribution >= 4 is 28.2 Å². The molecule has 1 saturated heterocycles. The third kappa shape index (κ3) is 5.23. The maximum atomic E-state index is 12.7. The summed E-state index contributed by atoms with van der Waals surface area (Å²) in [5.41, 5.74) is 2.23. The molecule has 7 heteroatoms. The van der Waals surface area contributed by atoms with Crippen LogP contribution in [0.1, 0.15) is 29.1 Å². The normalized spacial score (nSPS) is 15.3. The zero-order chi connectivity index (χ0) is 20.8. The molecular weight excluding hydrogens is 386 g/mol. The number of benzene rings is 1.